The number of hydrogen-bond donors (Lipinski definition) is 2. The number of fused-ring (bicyclic) bond motifs is 1. The Morgan fingerprint density at radius 1 is 1.12 bits per heavy atom. The van der Waals surface area contributed by atoms with Gasteiger partial charge in [-0.3, -0.25) is 4.79 Å². The van der Waals surface area contributed by atoms with Crippen molar-refractivity contribution in [1.29, 1.82) is 0 Å². The average molecular weight is 472 g/mol. The van der Waals surface area contributed by atoms with Gasteiger partial charge in [-0.1, -0.05) is 42.4 Å². The molecule has 3 heterocycles. The zero-order valence-corrected chi connectivity index (χ0v) is 19.6. The zero-order chi connectivity index (χ0) is 23.5. The maximum atomic E-state index is 11.9. The van der Waals surface area contributed by atoms with Crippen LogP contribution in [0.25, 0.3) is 22.3 Å². The van der Waals surface area contributed by atoms with Crippen LogP contribution in [0.4, 0.5) is 17.3 Å². The van der Waals surface area contributed by atoms with Crippen molar-refractivity contribution >= 4 is 45.7 Å². The topological polar surface area (TPSA) is 73.9 Å². The first-order chi connectivity index (χ1) is 16.6. The fourth-order valence-electron chi connectivity index (χ4n) is 4.42. The van der Waals surface area contributed by atoms with E-state index in [1.54, 1.807) is 6.20 Å². The molecule has 1 saturated heterocycles. The van der Waals surface area contributed by atoms with Gasteiger partial charge < -0.3 is 15.2 Å². The molecule has 0 atom stereocenters. The minimum Gasteiger partial charge on any atom is -0.371 e. The number of ketones is 1. The molecule has 0 amide bonds. The summed E-state index contributed by atoms with van der Waals surface area (Å²) >= 11 is 6.49. The van der Waals surface area contributed by atoms with Gasteiger partial charge in [0.2, 0.25) is 5.95 Å². The lowest BCUT2D eigenvalue weighted by Crippen LogP contribution is -2.29. The van der Waals surface area contributed by atoms with Crippen molar-refractivity contribution in [1.82, 2.24) is 15.0 Å². The lowest BCUT2D eigenvalue weighted by atomic mass is 10.0. The van der Waals surface area contributed by atoms with Crippen molar-refractivity contribution in [2.75, 3.05) is 23.3 Å². The molecule has 2 aromatic carbocycles. The summed E-state index contributed by atoms with van der Waals surface area (Å²) in [5.41, 5.74) is 5.25. The van der Waals surface area contributed by atoms with E-state index in [-0.39, 0.29) is 5.78 Å². The molecule has 0 aliphatic carbocycles. The van der Waals surface area contributed by atoms with E-state index >= 15 is 0 Å². The molecule has 5 rings (SSSR count). The maximum Gasteiger partial charge on any atom is 0.229 e. The van der Waals surface area contributed by atoms with Gasteiger partial charge in [0.25, 0.3) is 0 Å². The Balaban J connectivity index is 1.50. The molecule has 0 spiro atoms. The number of allylic oxidation sites excluding steroid dienone is 1. The monoisotopic (exact) mass is 471 g/mol. The number of halogens is 1. The number of aromatic nitrogens is 3. The summed E-state index contributed by atoms with van der Waals surface area (Å²) in [5.74, 6) is 0.449. The molecular formula is C27H26ClN5O. The number of nitrogens with zero attached hydrogens (tertiary/aromatic N) is 3. The van der Waals surface area contributed by atoms with Gasteiger partial charge in [-0.15, -0.1) is 0 Å². The van der Waals surface area contributed by atoms with Gasteiger partial charge in [0, 0.05) is 42.6 Å². The van der Waals surface area contributed by atoms with E-state index in [4.69, 9.17) is 16.6 Å². The molecule has 1 aliphatic heterocycles. The molecule has 1 aliphatic rings. The van der Waals surface area contributed by atoms with Crippen LogP contribution < -0.4 is 10.2 Å². The normalized spacial score (nSPS) is 13.7. The number of nitrogens with one attached hydrogen (secondary N) is 2. The summed E-state index contributed by atoms with van der Waals surface area (Å²) < 4.78 is 0. The highest BCUT2D eigenvalue weighted by Crippen LogP contribution is 2.34. The number of hydrogen-bond acceptors (Lipinski definition) is 5. The summed E-state index contributed by atoms with van der Waals surface area (Å²) in [6.45, 7) is 5.74. The van der Waals surface area contributed by atoms with Crippen molar-refractivity contribution in [3.8, 4) is 11.3 Å². The minimum atomic E-state index is -0.0272. The third-order valence-electron chi connectivity index (χ3n) is 6.11. The molecule has 0 radical (unpaired) electrons. The number of aromatic amines is 1. The first kappa shape index (κ1) is 22.2. The standard InChI is InChI=1S/C27H26ClN5O/c1-2-22(34)15-18-8-6-9-19(14-18)25-24-23(28)17-29-26(24)32-27(31-25)30-20-10-7-11-21(16-20)33-12-4-3-5-13-33/h2,6-11,14,16-17H,1,3-5,12-13,15H2,(H2,29,30,31,32). The predicted octanol–water partition coefficient (Wildman–Crippen LogP) is 6.31. The van der Waals surface area contributed by atoms with Crippen molar-refractivity contribution in [2.45, 2.75) is 25.7 Å². The molecule has 172 valence electrons. The molecule has 4 aromatic rings. The number of piperidine rings is 1. The molecule has 2 N–H and O–H groups in total. The molecule has 1 fully saturated rings. The number of H-pyrrole nitrogens is 1. The molecule has 6 nitrogen and oxygen atoms in total. The van der Waals surface area contributed by atoms with Crippen LogP contribution in [0.5, 0.6) is 0 Å². The van der Waals surface area contributed by atoms with Crippen LogP contribution >= 0.6 is 11.6 Å². The summed E-state index contributed by atoms with van der Waals surface area (Å²) in [5, 5.41) is 4.67. The van der Waals surface area contributed by atoms with E-state index in [1.165, 1.54) is 31.0 Å². The van der Waals surface area contributed by atoms with Crippen LogP contribution in [0.2, 0.25) is 5.02 Å². The molecule has 34 heavy (non-hydrogen) atoms. The maximum absolute atomic E-state index is 11.9. The molecular weight excluding hydrogens is 446 g/mol. The lowest BCUT2D eigenvalue weighted by Gasteiger charge is -2.29. The van der Waals surface area contributed by atoms with Crippen LogP contribution in [-0.4, -0.2) is 33.8 Å². The van der Waals surface area contributed by atoms with Gasteiger partial charge in [0.05, 0.1) is 16.1 Å². The van der Waals surface area contributed by atoms with E-state index in [2.05, 4.69) is 45.0 Å². The summed E-state index contributed by atoms with van der Waals surface area (Å²) in [6, 6.07) is 16.1. The van der Waals surface area contributed by atoms with Crippen molar-refractivity contribution in [2.24, 2.45) is 0 Å². The summed E-state index contributed by atoms with van der Waals surface area (Å²) in [6.07, 6.45) is 7.11. The third-order valence-corrected chi connectivity index (χ3v) is 6.41. The Morgan fingerprint density at radius 2 is 1.94 bits per heavy atom. The largest absolute Gasteiger partial charge is 0.371 e. The van der Waals surface area contributed by atoms with Crippen molar-refractivity contribution in [3.63, 3.8) is 0 Å². The van der Waals surface area contributed by atoms with Gasteiger partial charge in [-0.05, 0) is 55.2 Å². The lowest BCUT2D eigenvalue weighted by molar-refractivity contribution is -0.114. The van der Waals surface area contributed by atoms with Crippen LogP contribution in [0.3, 0.4) is 0 Å². The van der Waals surface area contributed by atoms with E-state index in [9.17, 15) is 4.79 Å². The fourth-order valence-corrected chi connectivity index (χ4v) is 4.66. The zero-order valence-electron chi connectivity index (χ0n) is 18.9. The van der Waals surface area contributed by atoms with Crippen LogP contribution in [0.15, 0.2) is 67.4 Å². The number of carbonyl (C=O) groups excluding carboxylic acids is 1. The van der Waals surface area contributed by atoms with Crippen molar-refractivity contribution < 1.29 is 4.79 Å². The Bertz CT molecular complexity index is 1360. The van der Waals surface area contributed by atoms with Gasteiger partial charge in [0.1, 0.15) is 5.65 Å². The first-order valence-corrected chi connectivity index (χ1v) is 11.9. The molecule has 0 bridgehead atoms. The van der Waals surface area contributed by atoms with Gasteiger partial charge >= 0.3 is 0 Å². The first-order valence-electron chi connectivity index (χ1n) is 11.5. The predicted molar refractivity (Wildman–Crippen MR) is 139 cm³/mol. The molecule has 0 unspecified atom stereocenters. The van der Waals surface area contributed by atoms with Crippen LogP contribution in [0, 0.1) is 0 Å². The summed E-state index contributed by atoms with van der Waals surface area (Å²) in [7, 11) is 0. The second-order valence-corrected chi connectivity index (χ2v) is 8.93. The highest BCUT2D eigenvalue weighted by molar-refractivity contribution is 6.36. The van der Waals surface area contributed by atoms with Gasteiger partial charge in [0.15, 0.2) is 5.78 Å². The fraction of sp³-hybridized carbons (Fsp3) is 0.222. The number of anilines is 3. The second kappa shape index (κ2) is 9.69. The SMILES string of the molecule is C=CC(=O)Cc1cccc(-c2nc(Nc3cccc(N4CCCCC4)c3)nc3[nH]cc(Cl)c23)c1. The highest BCUT2D eigenvalue weighted by Gasteiger charge is 2.16. The Labute approximate surface area is 203 Å². The molecule has 7 heteroatoms. The van der Waals surface area contributed by atoms with Gasteiger partial charge in [-0.25, -0.2) is 4.98 Å². The smallest absolute Gasteiger partial charge is 0.229 e. The number of rotatable bonds is 7. The highest BCUT2D eigenvalue weighted by atomic mass is 35.5. The Morgan fingerprint density at radius 3 is 2.76 bits per heavy atom. The third kappa shape index (κ3) is 4.68. The Hall–Kier alpha value is -3.64. The second-order valence-electron chi connectivity index (χ2n) is 8.53. The number of benzene rings is 2. The molecule has 0 saturated carbocycles. The van der Waals surface area contributed by atoms with E-state index in [0.29, 0.717) is 28.7 Å². The average Bonchev–Trinajstić information content (AvgIpc) is 3.25. The minimum absolute atomic E-state index is 0.0272. The molecule has 2 aromatic heterocycles. The van der Waals surface area contributed by atoms with Gasteiger partial charge in [-0.2, -0.15) is 4.98 Å². The van der Waals surface area contributed by atoms with Crippen LogP contribution in [0.1, 0.15) is 24.8 Å². The Kier molecular flexibility index (Phi) is 6.32. The van der Waals surface area contributed by atoms with E-state index < -0.39 is 0 Å². The van der Waals surface area contributed by atoms with E-state index in [0.717, 1.165) is 35.3 Å². The number of carbonyl (C=O) groups is 1. The quantitative estimate of drug-likeness (QED) is 0.309. The summed E-state index contributed by atoms with van der Waals surface area (Å²) in [4.78, 5) is 26.9. The van der Waals surface area contributed by atoms with Crippen molar-refractivity contribution in [3.05, 3.63) is 78.0 Å². The van der Waals surface area contributed by atoms with Crippen LogP contribution in [-0.2, 0) is 11.2 Å². The van der Waals surface area contributed by atoms with E-state index in [1.807, 2.05) is 30.3 Å².